The molecule has 4 nitrogen and oxygen atoms in total. The van der Waals surface area contributed by atoms with E-state index in [2.05, 4.69) is 43.0 Å². The number of hydrogen-bond acceptors (Lipinski definition) is 4. The minimum atomic E-state index is -0.980. The van der Waals surface area contributed by atoms with Gasteiger partial charge in [-0.25, -0.2) is 0 Å². The zero-order valence-electron chi connectivity index (χ0n) is 16.6. The highest BCUT2D eigenvalue weighted by Gasteiger charge is 2.43. The first-order valence-corrected chi connectivity index (χ1v) is 9.77. The molecule has 1 saturated heterocycles. The minimum Gasteiger partial charge on any atom is -0.497 e. The fraction of sp³-hybridized carbons (Fsp3) is 0.478. The number of morpholine rings is 1. The summed E-state index contributed by atoms with van der Waals surface area (Å²) in [5.41, 5.74) is 1.11. The van der Waals surface area contributed by atoms with Crippen LogP contribution in [0.2, 0.25) is 0 Å². The summed E-state index contributed by atoms with van der Waals surface area (Å²) in [7, 11) is 1.66. The van der Waals surface area contributed by atoms with Gasteiger partial charge in [0, 0.05) is 25.6 Å². The summed E-state index contributed by atoms with van der Waals surface area (Å²) in [5.74, 6) is 0.816. The van der Waals surface area contributed by atoms with Crippen LogP contribution < -0.4 is 4.74 Å². The summed E-state index contributed by atoms with van der Waals surface area (Å²) in [5, 5.41) is 12.1. The first-order valence-electron chi connectivity index (χ1n) is 9.77. The van der Waals surface area contributed by atoms with E-state index in [1.807, 2.05) is 30.3 Å². The quantitative estimate of drug-likeness (QED) is 0.809. The molecule has 0 aromatic heterocycles. The lowest BCUT2D eigenvalue weighted by Crippen LogP contribution is -2.47. The number of nitrogens with zero attached hydrogens (tertiary/aromatic N) is 1. The predicted octanol–water partition coefficient (Wildman–Crippen LogP) is 3.65. The van der Waals surface area contributed by atoms with E-state index in [-0.39, 0.29) is 11.8 Å². The molecule has 146 valence electrons. The van der Waals surface area contributed by atoms with E-state index in [0.29, 0.717) is 0 Å². The third kappa shape index (κ3) is 4.34. The Balaban J connectivity index is 2.01. The maximum atomic E-state index is 12.1. The van der Waals surface area contributed by atoms with E-state index < -0.39 is 5.60 Å². The van der Waals surface area contributed by atoms with Crippen LogP contribution in [0, 0.1) is 5.92 Å². The summed E-state index contributed by atoms with van der Waals surface area (Å²) in [4.78, 5) is 2.40. The van der Waals surface area contributed by atoms with Crippen LogP contribution in [0.25, 0.3) is 0 Å². The van der Waals surface area contributed by atoms with Gasteiger partial charge in [0.1, 0.15) is 5.75 Å². The summed E-state index contributed by atoms with van der Waals surface area (Å²) >= 11 is 0. The molecule has 0 saturated carbocycles. The van der Waals surface area contributed by atoms with Crippen molar-refractivity contribution >= 4 is 0 Å². The third-order valence-corrected chi connectivity index (χ3v) is 5.71. The number of ether oxygens (including phenoxy) is 2. The van der Waals surface area contributed by atoms with Crippen LogP contribution in [0.1, 0.15) is 30.9 Å². The molecule has 27 heavy (non-hydrogen) atoms. The molecule has 0 bridgehead atoms. The highest BCUT2D eigenvalue weighted by Crippen LogP contribution is 2.43. The Hall–Kier alpha value is -1.88. The first-order chi connectivity index (χ1) is 13.1. The molecule has 0 aliphatic carbocycles. The zero-order valence-corrected chi connectivity index (χ0v) is 16.6. The molecule has 0 radical (unpaired) electrons. The Morgan fingerprint density at radius 1 is 1.04 bits per heavy atom. The van der Waals surface area contributed by atoms with Gasteiger partial charge in [0.2, 0.25) is 0 Å². The van der Waals surface area contributed by atoms with Gasteiger partial charge in [-0.2, -0.15) is 0 Å². The molecule has 2 aromatic rings. The van der Waals surface area contributed by atoms with Gasteiger partial charge in [-0.15, -0.1) is 0 Å². The van der Waals surface area contributed by atoms with Crippen molar-refractivity contribution in [3.8, 4) is 5.75 Å². The molecule has 2 aromatic carbocycles. The number of methoxy groups -OCH3 is 1. The van der Waals surface area contributed by atoms with Crippen LogP contribution in [0.3, 0.4) is 0 Å². The smallest absolute Gasteiger partial charge is 0.118 e. The van der Waals surface area contributed by atoms with Gasteiger partial charge in [-0.1, -0.05) is 56.3 Å². The second-order valence-electron chi connectivity index (χ2n) is 7.58. The Morgan fingerprint density at radius 3 is 2.22 bits per heavy atom. The minimum absolute atomic E-state index is 0.0369. The Morgan fingerprint density at radius 2 is 1.67 bits per heavy atom. The second kappa shape index (κ2) is 8.87. The number of benzene rings is 2. The van der Waals surface area contributed by atoms with E-state index >= 15 is 0 Å². The van der Waals surface area contributed by atoms with Crippen LogP contribution in [-0.4, -0.2) is 50.0 Å². The van der Waals surface area contributed by atoms with Crippen LogP contribution in [0.15, 0.2) is 54.6 Å². The molecule has 1 N–H and O–H groups in total. The Kier molecular flexibility index (Phi) is 6.53. The van der Waals surface area contributed by atoms with E-state index in [0.717, 1.165) is 49.7 Å². The van der Waals surface area contributed by atoms with Crippen molar-refractivity contribution in [2.45, 2.75) is 25.4 Å². The number of aliphatic hydroxyl groups is 1. The van der Waals surface area contributed by atoms with Crippen molar-refractivity contribution in [2.75, 3.05) is 40.0 Å². The molecule has 0 amide bonds. The second-order valence-corrected chi connectivity index (χ2v) is 7.58. The molecule has 0 unspecified atom stereocenters. The van der Waals surface area contributed by atoms with E-state index in [4.69, 9.17) is 9.47 Å². The molecule has 4 heteroatoms. The summed E-state index contributed by atoms with van der Waals surface area (Å²) in [6.45, 7) is 8.31. The maximum absolute atomic E-state index is 12.1. The Bertz CT molecular complexity index is 695. The predicted molar refractivity (Wildman–Crippen MR) is 108 cm³/mol. The van der Waals surface area contributed by atoms with Crippen molar-refractivity contribution in [1.82, 2.24) is 4.90 Å². The van der Waals surface area contributed by atoms with Crippen molar-refractivity contribution in [1.29, 1.82) is 0 Å². The lowest BCUT2D eigenvalue weighted by atomic mass is 9.70. The van der Waals surface area contributed by atoms with Gasteiger partial charge in [-0.3, -0.25) is 4.90 Å². The van der Waals surface area contributed by atoms with Gasteiger partial charge in [-0.05, 0) is 29.2 Å². The first kappa shape index (κ1) is 19.9. The van der Waals surface area contributed by atoms with Gasteiger partial charge >= 0.3 is 0 Å². The highest BCUT2D eigenvalue weighted by atomic mass is 16.5. The van der Waals surface area contributed by atoms with Gasteiger partial charge in [0.15, 0.2) is 0 Å². The highest BCUT2D eigenvalue weighted by molar-refractivity contribution is 5.36. The summed E-state index contributed by atoms with van der Waals surface area (Å²) < 4.78 is 10.8. The van der Waals surface area contributed by atoms with Crippen molar-refractivity contribution < 1.29 is 14.6 Å². The van der Waals surface area contributed by atoms with Crippen molar-refractivity contribution in [3.63, 3.8) is 0 Å². The lowest BCUT2D eigenvalue weighted by molar-refractivity contribution is -0.0547. The molecule has 2 atom stereocenters. The van der Waals surface area contributed by atoms with Crippen molar-refractivity contribution in [2.24, 2.45) is 5.92 Å². The largest absolute Gasteiger partial charge is 0.497 e. The molecular weight excluding hydrogens is 338 g/mol. The molecule has 1 aliphatic rings. The van der Waals surface area contributed by atoms with Gasteiger partial charge in [0.05, 0.1) is 25.9 Å². The molecule has 1 heterocycles. The van der Waals surface area contributed by atoms with Gasteiger partial charge in [0.25, 0.3) is 0 Å². The van der Waals surface area contributed by atoms with Crippen LogP contribution in [-0.2, 0) is 10.3 Å². The molecule has 1 aliphatic heterocycles. The van der Waals surface area contributed by atoms with E-state index in [1.165, 1.54) is 0 Å². The summed E-state index contributed by atoms with van der Waals surface area (Å²) in [6.07, 6.45) is 0. The number of hydrogen-bond donors (Lipinski definition) is 1. The van der Waals surface area contributed by atoms with Crippen LogP contribution >= 0.6 is 0 Å². The topological polar surface area (TPSA) is 41.9 Å². The summed E-state index contributed by atoms with van der Waals surface area (Å²) in [6, 6.07) is 18.2. The third-order valence-electron chi connectivity index (χ3n) is 5.71. The average molecular weight is 370 g/mol. The van der Waals surface area contributed by atoms with Crippen LogP contribution in [0.5, 0.6) is 5.75 Å². The molecule has 1 fully saturated rings. The van der Waals surface area contributed by atoms with E-state index in [1.54, 1.807) is 7.11 Å². The Labute approximate surface area is 162 Å². The normalized spacial score (nSPS) is 18.9. The maximum Gasteiger partial charge on any atom is 0.118 e. The standard InChI is InChI=1S/C23H31NO3/c1-18(2)23(25,20-9-11-21(26-3)12-10-20)22(19-7-5-4-6-8-19)17-24-13-15-27-16-14-24/h4-12,18,22,25H,13-17H2,1-3H3/t22-,23-/m0/s1. The lowest BCUT2D eigenvalue weighted by Gasteiger charge is -2.43. The average Bonchev–Trinajstić information content (AvgIpc) is 2.73. The molecule has 3 rings (SSSR count). The van der Waals surface area contributed by atoms with Crippen LogP contribution in [0.4, 0.5) is 0 Å². The SMILES string of the molecule is COc1ccc([C@@](O)(C(C)C)[C@@H](CN2CCOCC2)c2ccccc2)cc1. The van der Waals surface area contributed by atoms with Crippen molar-refractivity contribution in [3.05, 3.63) is 65.7 Å². The fourth-order valence-electron chi connectivity index (χ4n) is 4.02. The molecular formula is C23H31NO3. The van der Waals surface area contributed by atoms with E-state index in [9.17, 15) is 5.11 Å². The fourth-order valence-corrected chi connectivity index (χ4v) is 4.02. The zero-order chi connectivity index (χ0) is 19.3. The van der Waals surface area contributed by atoms with Gasteiger partial charge < -0.3 is 14.6 Å². The monoisotopic (exact) mass is 369 g/mol. The number of rotatable bonds is 7. The molecule has 0 spiro atoms.